The molecule has 4 aromatic rings. The maximum absolute atomic E-state index is 13.6. The lowest BCUT2D eigenvalue weighted by Crippen LogP contribution is -2.52. The standard InChI is InChI=1S/C23H23N3O7S/c1-12-16-19(28)26(23(2,3)21(29)30)22(31)25(20(16)34-17(12)18-24-9-10-33-18)11-14(27)13-7-5-6-8-15(13)32-4/h5-10,14,27H,11H2,1-4H3,(H,29,30)/t14-/m1/s1. The molecule has 3 aromatic heterocycles. The fourth-order valence-corrected chi connectivity index (χ4v) is 5.09. The monoisotopic (exact) mass is 485 g/mol. The number of hydrogen-bond acceptors (Lipinski definition) is 8. The maximum Gasteiger partial charge on any atom is 0.333 e. The number of hydrogen-bond donors (Lipinski definition) is 2. The van der Waals surface area contributed by atoms with Crippen LogP contribution in [0.3, 0.4) is 0 Å². The summed E-state index contributed by atoms with van der Waals surface area (Å²) in [6.07, 6.45) is 1.68. The van der Waals surface area contributed by atoms with Gasteiger partial charge in [0.1, 0.15) is 28.5 Å². The van der Waals surface area contributed by atoms with Gasteiger partial charge in [-0.1, -0.05) is 18.2 Å². The van der Waals surface area contributed by atoms with Crippen molar-refractivity contribution in [2.45, 2.75) is 39.0 Å². The third-order valence-electron chi connectivity index (χ3n) is 5.77. The van der Waals surface area contributed by atoms with E-state index in [4.69, 9.17) is 9.15 Å². The number of aliphatic hydroxyl groups excluding tert-OH is 1. The first-order valence-electron chi connectivity index (χ1n) is 10.3. The molecule has 34 heavy (non-hydrogen) atoms. The molecule has 10 nitrogen and oxygen atoms in total. The molecule has 0 aliphatic rings. The minimum absolute atomic E-state index is 0.166. The van der Waals surface area contributed by atoms with E-state index >= 15 is 0 Å². The first-order chi connectivity index (χ1) is 16.1. The van der Waals surface area contributed by atoms with Crippen molar-refractivity contribution in [2.24, 2.45) is 0 Å². The van der Waals surface area contributed by atoms with Crippen LogP contribution in [0.1, 0.15) is 31.1 Å². The molecule has 0 saturated carbocycles. The highest BCUT2D eigenvalue weighted by Gasteiger charge is 2.36. The Morgan fingerprint density at radius 1 is 1.29 bits per heavy atom. The molecule has 0 radical (unpaired) electrons. The molecule has 11 heteroatoms. The highest BCUT2D eigenvalue weighted by molar-refractivity contribution is 7.22. The number of carboxylic acids is 1. The van der Waals surface area contributed by atoms with E-state index in [1.807, 2.05) is 0 Å². The largest absolute Gasteiger partial charge is 0.496 e. The molecule has 2 N–H and O–H groups in total. The number of ether oxygens (including phenoxy) is 1. The van der Waals surface area contributed by atoms with Crippen LogP contribution in [-0.2, 0) is 16.9 Å². The number of aliphatic carboxylic acids is 1. The number of benzene rings is 1. The zero-order chi connectivity index (χ0) is 24.8. The number of fused-ring (bicyclic) bond motifs is 1. The van der Waals surface area contributed by atoms with Crippen LogP contribution < -0.4 is 16.0 Å². The van der Waals surface area contributed by atoms with Gasteiger partial charge >= 0.3 is 11.7 Å². The van der Waals surface area contributed by atoms with Crippen molar-refractivity contribution >= 4 is 27.5 Å². The van der Waals surface area contributed by atoms with Crippen molar-refractivity contribution in [3.8, 4) is 16.5 Å². The molecule has 0 aliphatic carbocycles. The van der Waals surface area contributed by atoms with E-state index in [-0.39, 0.29) is 22.7 Å². The second kappa shape index (κ2) is 8.58. The number of aryl methyl sites for hydroxylation is 1. The summed E-state index contributed by atoms with van der Waals surface area (Å²) in [6.45, 7) is 4.00. The van der Waals surface area contributed by atoms with E-state index in [0.717, 1.165) is 11.3 Å². The van der Waals surface area contributed by atoms with Gasteiger partial charge in [0.2, 0.25) is 5.89 Å². The van der Waals surface area contributed by atoms with Gasteiger partial charge in [-0.2, -0.15) is 0 Å². The lowest BCUT2D eigenvalue weighted by molar-refractivity contribution is -0.146. The van der Waals surface area contributed by atoms with Gasteiger partial charge < -0.3 is 19.4 Å². The first-order valence-corrected chi connectivity index (χ1v) is 11.1. The Hall–Kier alpha value is -3.70. The fourth-order valence-electron chi connectivity index (χ4n) is 3.85. The van der Waals surface area contributed by atoms with Gasteiger partial charge in [-0.25, -0.2) is 19.1 Å². The number of nitrogens with zero attached hydrogens (tertiary/aromatic N) is 3. The van der Waals surface area contributed by atoms with Crippen LogP contribution in [-0.4, -0.2) is 37.4 Å². The van der Waals surface area contributed by atoms with Crippen molar-refractivity contribution in [3.05, 3.63) is 68.7 Å². The van der Waals surface area contributed by atoms with Crippen LogP contribution in [0, 0.1) is 6.92 Å². The van der Waals surface area contributed by atoms with Gasteiger partial charge in [-0.3, -0.25) is 9.36 Å². The number of methoxy groups -OCH3 is 1. The van der Waals surface area contributed by atoms with Crippen LogP contribution >= 0.6 is 11.3 Å². The van der Waals surface area contributed by atoms with Crippen LogP contribution in [0.5, 0.6) is 5.75 Å². The number of carboxylic acid groups (broad SMARTS) is 1. The second-order valence-corrected chi connectivity index (χ2v) is 9.23. The number of para-hydroxylation sites is 1. The summed E-state index contributed by atoms with van der Waals surface area (Å²) in [7, 11) is 1.47. The Labute approximate surface area is 197 Å². The lowest BCUT2D eigenvalue weighted by atomic mass is 10.1. The minimum Gasteiger partial charge on any atom is -0.496 e. The van der Waals surface area contributed by atoms with Crippen LogP contribution in [0.2, 0.25) is 0 Å². The number of rotatable bonds is 7. The number of aromatic nitrogens is 3. The Balaban J connectivity index is 2.03. The molecular weight excluding hydrogens is 462 g/mol. The van der Waals surface area contributed by atoms with Crippen molar-refractivity contribution in [1.82, 2.24) is 14.1 Å². The van der Waals surface area contributed by atoms with Crippen LogP contribution in [0.15, 0.2) is 50.7 Å². The quantitative estimate of drug-likeness (QED) is 0.408. The topological polar surface area (TPSA) is 137 Å². The molecule has 0 bridgehead atoms. The fraction of sp³-hybridized carbons (Fsp3) is 0.304. The van der Waals surface area contributed by atoms with Gasteiger partial charge in [0.25, 0.3) is 5.56 Å². The molecule has 0 unspecified atom stereocenters. The molecule has 0 aliphatic heterocycles. The SMILES string of the molecule is COc1ccccc1[C@H](O)Cn1c(=O)n(C(C)(C)C(=O)O)c(=O)c2c(C)c(-c3ncco3)sc21. The third kappa shape index (κ3) is 3.62. The summed E-state index contributed by atoms with van der Waals surface area (Å²) in [4.78, 5) is 44.0. The van der Waals surface area contributed by atoms with Gasteiger partial charge in [0, 0.05) is 5.56 Å². The van der Waals surface area contributed by atoms with E-state index in [9.17, 15) is 24.6 Å². The number of carbonyl (C=O) groups is 1. The lowest BCUT2D eigenvalue weighted by Gasteiger charge is -2.24. The average molecular weight is 486 g/mol. The highest BCUT2D eigenvalue weighted by Crippen LogP contribution is 2.36. The van der Waals surface area contributed by atoms with E-state index < -0.39 is 28.9 Å². The van der Waals surface area contributed by atoms with Crippen molar-refractivity contribution in [2.75, 3.05) is 7.11 Å². The first kappa shape index (κ1) is 23.5. The molecule has 0 spiro atoms. The summed E-state index contributed by atoms with van der Waals surface area (Å²) in [5.74, 6) is -0.642. The normalized spacial score (nSPS) is 12.7. The molecule has 4 rings (SSSR count). The van der Waals surface area contributed by atoms with Gasteiger partial charge in [-0.05, 0) is 32.4 Å². The van der Waals surface area contributed by atoms with Crippen LogP contribution in [0.25, 0.3) is 21.0 Å². The van der Waals surface area contributed by atoms with Crippen molar-refractivity contribution in [1.29, 1.82) is 0 Å². The molecule has 1 aromatic carbocycles. The molecule has 0 fully saturated rings. The highest BCUT2D eigenvalue weighted by atomic mass is 32.1. The summed E-state index contributed by atoms with van der Waals surface area (Å²) in [5.41, 5.74) is -2.47. The third-order valence-corrected chi connectivity index (χ3v) is 7.08. The van der Waals surface area contributed by atoms with Crippen molar-refractivity contribution < 1.29 is 24.2 Å². The Kier molecular flexibility index (Phi) is 5.92. The molecule has 1 atom stereocenters. The number of aliphatic hydroxyl groups is 1. The van der Waals surface area contributed by atoms with Crippen molar-refractivity contribution in [3.63, 3.8) is 0 Å². The molecule has 0 saturated heterocycles. The maximum atomic E-state index is 13.6. The van der Waals surface area contributed by atoms with Gasteiger partial charge in [0.05, 0.1) is 30.1 Å². The summed E-state index contributed by atoms with van der Waals surface area (Å²) in [5, 5.41) is 21.0. The Morgan fingerprint density at radius 3 is 2.62 bits per heavy atom. The summed E-state index contributed by atoms with van der Waals surface area (Å²) in [6, 6.07) is 6.83. The molecule has 3 heterocycles. The zero-order valence-corrected chi connectivity index (χ0v) is 19.8. The van der Waals surface area contributed by atoms with E-state index in [0.29, 0.717) is 26.3 Å². The predicted octanol–water partition coefficient (Wildman–Crippen LogP) is 2.75. The van der Waals surface area contributed by atoms with Gasteiger partial charge in [-0.15, -0.1) is 11.3 Å². The summed E-state index contributed by atoms with van der Waals surface area (Å²) < 4.78 is 12.7. The molecular formula is C23H23N3O7S. The molecule has 0 amide bonds. The number of oxazole rings is 1. The predicted molar refractivity (Wildman–Crippen MR) is 125 cm³/mol. The van der Waals surface area contributed by atoms with E-state index in [1.54, 1.807) is 31.2 Å². The minimum atomic E-state index is -1.84. The molecule has 178 valence electrons. The van der Waals surface area contributed by atoms with Crippen LogP contribution in [0.4, 0.5) is 0 Å². The Morgan fingerprint density at radius 2 is 2.00 bits per heavy atom. The number of thiophene rings is 1. The average Bonchev–Trinajstić information content (AvgIpc) is 3.44. The van der Waals surface area contributed by atoms with Gasteiger partial charge in [0.15, 0.2) is 0 Å². The summed E-state index contributed by atoms with van der Waals surface area (Å²) >= 11 is 1.12. The van der Waals surface area contributed by atoms with E-state index in [1.165, 1.54) is 38.0 Å². The van der Waals surface area contributed by atoms with E-state index in [2.05, 4.69) is 4.98 Å². The smallest absolute Gasteiger partial charge is 0.333 e. The second-order valence-electron chi connectivity index (χ2n) is 8.23. The zero-order valence-electron chi connectivity index (χ0n) is 18.9. The Bertz CT molecular complexity index is 1500.